The zero-order valence-corrected chi connectivity index (χ0v) is 14.6. The van der Waals surface area contributed by atoms with Gasteiger partial charge in [-0.05, 0) is 30.7 Å². The molecule has 0 bridgehead atoms. The predicted octanol–water partition coefficient (Wildman–Crippen LogP) is 5.07. The molecule has 0 saturated carbocycles. The number of aromatic nitrogens is 2. The molecule has 0 amide bonds. The zero-order valence-electron chi connectivity index (χ0n) is 14.6. The van der Waals surface area contributed by atoms with E-state index < -0.39 is 0 Å². The number of ether oxygens (including phenoxy) is 1. The molecule has 1 atom stereocenters. The van der Waals surface area contributed by atoms with Crippen LogP contribution in [-0.4, -0.2) is 17.1 Å². The summed E-state index contributed by atoms with van der Waals surface area (Å²) in [5.74, 6) is 2.20. The second-order valence-corrected chi connectivity index (χ2v) is 6.03. The highest BCUT2D eigenvalue weighted by molar-refractivity contribution is 5.90. The van der Waals surface area contributed by atoms with Gasteiger partial charge in [-0.2, -0.15) is 0 Å². The van der Waals surface area contributed by atoms with Crippen LogP contribution in [0, 0.1) is 0 Å². The number of hydrogen-bond acceptors (Lipinski definition) is 5. The highest BCUT2D eigenvalue weighted by Crippen LogP contribution is 2.35. The fourth-order valence-corrected chi connectivity index (χ4v) is 2.98. The number of rotatable bonds is 5. The molecule has 1 N–H and O–H groups in total. The molecule has 2 aromatic heterocycles. The maximum Gasteiger partial charge on any atom is 0.231 e. The molecule has 2 heterocycles. The normalized spacial score (nSPS) is 12.1. The Balaban J connectivity index is 1.72. The lowest BCUT2D eigenvalue weighted by Crippen LogP contribution is -2.08. The Morgan fingerprint density at radius 2 is 1.77 bits per heavy atom. The van der Waals surface area contributed by atoms with Crippen molar-refractivity contribution in [2.75, 3.05) is 12.4 Å². The minimum absolute atomic E-state index is 0.110. The van der Waals surface area contributed by atoms with E-state index in [0.717, 1.165) is 22.5 Å². The van der Waals surface area contributed by atoms with E-state index in [1.165, 1.54) is 11.9 Å². The van der Waals surface area contributed by atoms with Gasteiger partial charge in [0, 0.05) is 6.04 Å². The number of fused-ring (bicyclic) bond motifs is 1. The molecular formula is C21H19N3O2. The minimum Gasteiger partial charge on any atom is -0.496 e. The second-order valence-electron chi connectivity index (χ2n) is 6.03. The monoisotopic (exact) mass is 345 g/mol. The molecule has 2 aromatic carbocycles. The fourth-order valence-electron chi connectivity index (χ4n) is 2.98. The summed E-state index contributed by atoms with van der Waals surface area (Å²) in [5.41, 5.74) is 2.62. The Bertz CT molecular complexity index is 1030. The van der Waals surface area contributed by atoms with E-state index in [-0.39, 0.29) is 6.04 Å². The van der Waals surface area contributed by atoms with Crippen LogP contribution in [0.2, 0.25) is 0 Å². The van der Waals surface area contributed by atoms with Gasteiger partial charge in [-0.25, -0.2) is 9.97 Å². The molecule has 0 aliphatic rings. The summed E-state index contributed by atoms with van der Waals surface area (Å²) in [4.78, 5) is 8.67. The van der Waals surface area contributed by atoms with Crippen molar-refractivity contribution in [3.8, 4) is 17.1 Å². The van der Waals surface area contributed by atoms with Gasteiger partial charge in [0.15, 0.2) is 0 Å². The van der Waals surface area contributed by atoms with Gasteiger partial charge >= 0.3 is 0 Å². The summed E-state index contributed by atoms with van der Waals surface area (Å²) in [6.07, 6.45) is 1.51. The first-order valence-electron chi connectivity index (χ1n) is 8.45. The van der Waals surface area contributed by atoms with Crippen molar-refractivity contribution in [3.63, 3.8) is 0 Å². The van der Waals surface area contributed by atoms with Crippen LogP contribution in [0.5, 0.6) is 5.75 Å². The Hall–Kier alpha value is -3.34. The summed E-state index contributed by atoms with van der Waals surface area (Å²) >= 11 is 0. The van der Waals surface area contributed by atoms with Crippen LogP contribution in [0.25, 0.3) is 22.4 Å². The van der Waals surface area contributed by atoms with E-state index >= 15 is 0 Å². The average molecular weight is 345 g/mol. The molecule has 4 rings (SSSR count). The molecule has 130 valence electrons. The standard InChI is InChI=1S/C21H19N3O2/c1-14(15-8-4-3-5-9-15)24-20-17-12-19(26-21(17)23-13-22-20)16-10-6-7-11-18(16)25-2/h3-14H,1-2H3,(H,22,23,24)/t14-/m1/s1. The lowest BCUT2D eigenvalue weighted by Gasteiger charge is -2.14. The van der Waals surface area contributed by atoms with Crippen molar-refractivity contribution in [1.82, 2.24) is 9.97 Å². The van der Waals surface area contributed by atoms with Crippen molar-refractivity contribution in [3.05, 3.63) is 72.6 Å². The highest BCUT2D eigenvalue weighted by atomic mass is 16.5. The molecule has 0 fully saturated rings. The van der Waals surface area contributed by atoms with Crippen molar-refractivity contribution in [2.24, 2.45) is 0 Å². The van der Waals surface area contributed by atoms with Crippen LogP contribution in [-0.2, 0) is 0 Å². The van der Waals surface area contributed by atoms with Gasteiger partial charge in [-0.1, -0.05) is 42.5 Å². The van der Waals surface area contributed by atoms with Gasteiger partial charge < -0.3 is 14.5 Å². The summed E-state index contributed by atoms with van der Waals surface area (Å²) in [5, 5.41) is 4.30. The number of anilines is 1. The van der Waals surface area contributed by atoms with Gasteiger partial charge in [0.25, 0.3) is 0 Å². The predicted molar refractivity (Wildman–Crippen MR) is 102 cm³/mol. The molecule has 0 unspecified atom stereocenters. The molecule has 5 heteroatoms. The molecule has 0 radical (unpaired) electrons. The summed E-state index contributed by atoms with van der Waals surface area (Å²) in [7, 11) is 1.65. The fraction of sp³-hybridized carbons (Fsp3) is 0.143. The van der Waals surface area contributed by atoms with Crippen molar-refractivity contribution in [2.45, 2.75) is 13.0 Å². The second kappa shape index (κ2) is 6.88. The first-order valence-corrected chi connectivity index (χ1v) is 8.45. The number of para-hydroxylation sites is 1. The maximum absolute atomic E-state index is 5.95. The molecule has 0 aliphatic carbocycles. The Kier molecular flexibility index (Phi) is 4.27. The van der Waals surface area contributed by atoms with Crippen LogP contribution < -0.4 is 10.1 Å². The average Bonchev–Trinajstić information content (AvgIpc) is 3.14. The quantitative estimate of drug-likeness (QED) is 0.547. The van der Waals surface area contributed by atoms with Crippen LogP contribution in [0.4, 0.5) is 5.82 Å². The maximum atomic E-state index is 5.95. The number of nitrogens with zero attached hydrogens (tertiary/aromatic N) is 2. The Labute approximate surface area is 151 Å². The first kappa shape index (κ1) is 16.1. The first-order chi connectivity index (χ1) is 12.8. The molecule has 4 aromatic rings. The minimum atomic E-state index is 0.110. The van der Waals surface area contributed by atoms with E-state index in [9.17, 15) is 0 Å². The van der Waals surface area contributed by atoms with Crippen LogP contribution in [0.1, 0.15) is 18.5 Å². The van der Waals surface area contributed by atoms with Gasteiger partial charge in [0.2, 0.25) is 5.71 Å². The van der Waals surface area contributed by atoms with Crippen molar-refractivity contribution in [1.29, 1.82) is 0 Å². The van der Waals surface area contributed by atoms with Gasteiger partial charge in [-0.15, -0.1) is 0 Å². The van der Waals surface area contributed by atoms with E-state index in [1.807, 2.05) is 48.5 Å². The molecule has 26 heavy (non-hydrogen) atoms. The molecule has 5 nitrogen and oxygen atoms in total. The van der Waals surface area contributed by atoms with E-state index in [0.29, 0.717) is 11.5 Å². The number of hydrogen-bond donors (Lipinski definition) is 1. The van der Waals surface area contributed by atoms with Crippen molar-refractivity contribution < 1.29 is 9.15 Å². The third-order valence-electron chi connectivity index (χ3n) is 4.35. The van der Waals surface area contributed by atoms with E-state index in [4.69, 9.17) is 9.15 Å². The van der Waals surface area contributed by atoms with Gasteiger partial charge in [0.1, 0.15) is 23.7 Å². The third-order valence-corrected chi connectivity index (χ3v) is 4.35. The topological polar surface area (TPSA) is 60.2 Å². The van der Waals surface area contributed by atoms with E-state index in [1.54, 1.807) is 7.11 Å². The molecule has 0 saturated heterocycles. The molecule has 0 aliphatic heterocycles. The lowest BCUT2D eigenvalue weighted by molar-refractivity contribution is 0.415. The van der Waals surface area contributed by atoms with Gasteiger partial charge in [-0.3, -0.25) is 0 Å². The summed E-state index contributed by atoms with van der Waals surface area (Å²) in [6.45, 7) is 2.10. The highest BCUT2D eigenvalue weighted by Gasteiger charge is 2.16. The Morgan fingerprint density at radius 3 is 2.58 bits per heavy atom. The Morgan fingerprint density at radius 1 is 1.00 bits per heavy atom. The van der Waals surface area contributed by atoms with Crippen LogP contribution >= 0.6 is 0 Å². The lowest BCUT2D eigenvalue weighted by atomic mass is 10.1. The van der Waals surface area contributed by atoms with Crippen LogP contribution in [0.3, 0.4) is 0 Å². The third kappa shape index (κ3) is 2.99. The number of methoxy groups -OCH3 is 1. The number of nitrogens with one attached hydrogen (secondary N) is 1. The number of furan rings is 1. The number of benzene rings is 2. The smallest absolute Gasteiger partial charge is 0.231 e. The van der Waals surface area contributed by atoms with Gasteiger partial charge in [0.05, 0.1) is 18.1 Å². The molecule has 0 spiro atoms. The van der Waals surface area contributed by atoms with Crippen LogP contribution in [0.15, 0.2) is 71.4 Å². The summed E-state index contributed by atoms with van der Waals surface area (Å²) in [6, 6.07) is 20.1. The zero-order chi connectivity index (χ0) is 17.9. The van der Waals surface area contributed by atoms with Crippen molar-refractivity contribution >= 4 is 16.9 Å². The molecular weight excluding hydrogens is 326 g/mol. The van der Waals surface area contributed by atoms with E-state index in [2.05, 4.69) is 34.3 Å². The summed E-state index contributed by atoms with van der Waals surface area (Å²) < 4.78 is 11.4. The SMILES string of the molecule is COc1ccccc1-c1cc2c(N[C@H](C)c3ccccc3)ncnc2o1. The largest absolute Gasteiger partial charge is 0.496 e.